The third-order valence-corrected chi connectivity index (χ3v) is 3.63. The lowest BCUT2D eigenvalue weighted by Crippen LogP contribution is -2.33. The topological polar surface area (TPSA) is 92.7 Å². The van der Waals surface area contributed by atoms with E-state index in [1.165, 1.54) is 19.2 Å². The molecule has 18 heavy (non-hydrogen) atoms. The molecule has 0 aromatic heterocycles. The number of hydrogen-bond donors (Lipinski definition) is 2. The third kappa shape index (κ3) is 4.44. The number of hydrogen-bond acceptors (Lipinski definition) is 5. The number of ether oxygens (including phenoxy) is 1. The lowest BCUT2D eigenvalue weighted by Gasteiger charge is -2.11. The molecule has 1 atom stereocenters. The monoisotopic (exact) mass is 273 g/mol. The summed E-state index contributed by atoms with van der Waals surface area (Å²) in [6.07, 6.45) is -1.37. The molecule has 2 N–H and O–H groups in total. The number of aliphatic hydroxyl groups excluding tert-OH is 1. The van der Waals surface area contributed by atoms with E-state index in [-0.39, 0.29) is 17.9 Å². The predicted octanol–water partition coefficient (Wildman–Crippen LogP) is -0.111. The van der Waals surface area contributed by atoms with Crippen molar-refractivity contribution in [2.24, 2.45) is 0 Å². The second-order valence-electron chi connectivity index (χ2n) is 3.60. The van der Waals surface area contributed by atoms with Crippen molar-refractivity contribution < 1.29 is 23.1 Å². The Balaban J connectivity index is 2.55. The first-order valence-electron chi connectivity index (χ1n) is 5.25. The summed E-state index contributed by atoms with van der Waals surface area (Å²) in [5.74, 6) is -0.596. The van der Waals surface area contributed by atoms with Gasteiger partial charge >= 0.3 is 5.97 Å². The standard InChI is InChI=1S/C11H15NO5S/c1-17-11(14)7-9(13)8-12-18(15,16)10-5-3-2-4-6-10/h2-6,9,12-13H,7-8H2,1H3. The van der Waals surface area contributed by atoms with Crippen LogP contribution >= 0.6 is 0 Å². The minimum absolute atomic E-state index is 0.107. The van der Waals surface area contributed by atoms with E-state index in [1.807, 2.05) is 0 Å². The second-order valence-corrected chi connectivity index (χ2v) is 5.37. The van der Waals surface area contributed by atoms with Gasteiger partial charge in [-0.05, 0) is 12.1 Å². The van der Waals surface area contributed by atoms with Gasteiger partial charge in [-0.15, -0.1) is 0 Å². The molecule has 0 heterocycles. The van der Waals surface area contributed by atoms with Crippen molar-refractivity contribution in [3.05, 3.63) is 30.3 Å². The molecule has 0 bridgehead atoms. The van der Waals surface area contributed by atoms with Gasteiger partial charge in [0.05, 0.1) is 24.5 Å². The predicted molar refractivity (Wildman–Crippen MR) is 64.3 cm³/mol. The first-order chi connectivity index (χ1) is 8.45. The van der Waals surface area contributed by atoms with Crippen LogP contribution < -0.4 is 4.72 Å². The highest BCUT2D eigenvalue weighted by Gasteiger charge is 2.17. The van der Waals surface area contributed by atoms with Gasteiger partial charge in [-0.2, -0.15) is 0 Å². The molecule has 0 spiro atoms. The van der Waals surface area contributed by atoms with Crippen molar-refractivity contribution in [2.75, 3.05) is 13.7 Å². The Morgan fingerprint density at radius 1 is 1.39 bits per heavy atom. The number of aliphatic hydroxyl groups is 1. The molecule has 1 aromatic carbocycles. The fraction of sp³-hybridized carbons (Fsp3) is 0.364. The number of carbonyl (C=O) groups excluding carboxylic acids is 1. The highest BCUT2D eigenvalue weighted by Crippen LogP contribution is 2.07. The fourth-order valence-electron chi connectivity index (χ4n) is 1.24. The van der Waals surface area contributed by atoms with Gasteiger partial charge in [-0.25, -0.2) is 13.1 Å². The van der Waals surface area contributed by atoms with Crippen LogP contribution in [0.1, 0.15) is 6.42 Å². The maximum atomic E-state index is 11.8. The van der Waals surface area contributed by atoms with E-state index in [1.54, 1.807) is 18.2 Å². The van der Waals surface area contributed by atoms with Gasteiger partial charge in [0, 0.05) is 6.54 Å². The molecule has 6 nitrogen and oxygen atoms in total. The molecule has 0 radical (unpaired) electrons. The Kier molecular flexibility index (Phi) is 5.26. The molecular formula is C11H15NO5S. The minimum atomic E-state index is -3.66. The quantitative estimate of drug-likeness (QED) is 0.705. The number of carbonyl (C=O) groups is 1. The second kappa shape index (κ2) is 6.48. The molecule has 0 aliphatic heterocycles. The zero-order valence-electron chi connectivity index (χ0n) is 9.87. The Bertz CT molecular complexity index is 485. The first-order valence-corrected chi connectivity index (χ1v) is 6.73. The highest BCUT2D eigenvalue weighted by molar-refractivity contribution is 7.89. The normalized spacial score (nSPS) is 13.0. The SMILES string of the molecule is COC(=O)CC(O)CNS(=O)(=O)c1ccccc1. The van der Waals surface area contributed by atoms with Gasteiger partial charge in [-0.3, -0.25) is 4.79 Å². The van der Waals surface area contributed by atoms with E-state index >= 15 is 0 Å². The number of nitrogens with one attached hydrogen (secondary N) is 1. The van der Waals surface area contributed by atoms with E-state index in [0.29, 0.717) is 0 Å². The summed E-state index contributed by atoms with van der Waals surface area (Å²) in [5.41, 5.74) is 0. The van der Waals surface area contributed by atoms with Crippen molar-refractivity contribution >= 4 is 16.0 Å². The molecular weight excluding hydrogens is 258 g/mol. The average Bonchev–Trinajstić information content (AvgIpc) is 2.37. The third-order valence-electron chi connectivity index (χ3n) is 2.19. The molecule has 0 amide bonds. The van der Waals surface area contributed by atoms with Crippen molar-refractivity contribution in [1.82, 2.24) is 4.72 Å². The van der Waals surface area contributed by atoms with E-state index in [2.05, 4.69) is 9.46 Å². The molecule has 7 heteroatoms. The summed E-state index contributed by atoms with van der Waals surface area (Å²) in [7, 11) is -2.46. The maximum Gasteiger partial charge on any atom is 0.308 e. The first kappa shape index (κ1) is 14.6. The fourth-order valence-corrected chi connectivity index (χ4v) is 2.33. The Hall–Kier alpha value is -1.44. The maximum absolute atomic E-state index is 11.8. The summed E-state index contributed by atoms with van der Waals surface area (Å²) in [6, 6.07) is 7.77. The van der Waals surface area contributed by atoms with Crippen molar-refractivity contribution in [3.63, 3.8) is 0 Å². The van der Waals surface area contributed by atoms with Gasteiger partial charge in [0.1, 0.15) is 0 Å². The van der Waals surface area contributed by atoms with E-state index in [9.17, 15) is 18.3 Å². The van der Waals surface area contributed by atoms with Crippen LogP contribution in [0.25, 0.3) is 0 Å². The van der Waals surface area contributed by atoms with Gasteiger partial charge in [-0.1, -0.05) is 18.2 Å². The molecule has 0 aliphatic rings. The Morgan fingerprint density at radius 3 is 2.56 bits per heavy atom. The van der Waals surface area contributed by atoms with E-state index in [4.69, 9.17) is 0 Å². The lowest BCUT2D eigenvalue weighted by atomic mass is 10.2. The number of sulfonamides is 1. The van der Waals surface area contributed by atoms with Crippen LogP contribution in [0.5, 0.6) is 0 Å². The molecule has 1 aromatic rings. The van der Waals surface area contributed by atoms with Gasteiger partial charge in [0.25, 0.3) is 0 Å². The van der Waals surface area contributed by atoms with Crippen LogP contribution in [0.2, 0.25) is 0 Å². The summed E-state index contributed by atoms with van der Waals surface area (Å²) < 4.78 is 30.1. The molecule has 1 rings (SSSR count). The molecule has 0 saturated carbocycles. The van der Waals surface area contributed by atoms with Gasteiger partial charge in [0.2, 0.25) is 10.0 Å². The van der Waals surface area contributed by atoms with Crippen molar-refractivity contribution in [3.8, 4) is 0 Å². The molecule has 0 fully saturated rings. The molecule has 0 aliphatic carbocycles. The van der Waals surface area contributed by atoms with Crippen LogP contribution in [0.4, 0.5) is 0 Å². The zero-order valence-corrected chi connectivity index (χ0v) is 10.7. The van der Waals surface area contributed by atoms with Gasteiger partial charge in [0.15, 0.2) is 0 Å². The van der Waals surface area contributed by atoms with Crippen LogP contribution in [-0.4, -0.2) is 39.3 Å². The largest absolute Gasteiger partial charge is 0.469 e. The number of esters is 1. The van der Waals surface area contributed by atoms with Crippen LogP contribution in [0.3, 0.4) is 0 Å². The zero-order chi connectivity index (χ0) is 13.6. The minimum Gasteiger partial charge on any atom is -0.469 e. The smallest absolute Gasteiger partial charge is 0.308 e. The number of benzene rings is 1. The summed E-state index contributed by atoms with van der Waals surface area (Å²) in [5, 5.41) is 9.43. The van der Waals surface area contributed by atoms with E-state index in [0.717, 1.165) is 0 Å². The van der Waals surface area contributed by atoms with Crippen LogP contribution in [0, 0.1) is 0 Å². The molecule has 0 saturated heterocycles. The average molecular weight is 273 g/mol. The van der Waals surface area contributed by atoms with E-state index < -0.39 is 22.1 Å². The van der Waals surface area contributed by atoms with Crippen LogP contribution in [0.15, 0.2) is 35.2 Å². The summed E-state index contributed by atoms with van der Waals surface area (Å²) >= 11 is 0. The summed E-state index contributed by atoms with van der Waals surface area (Å²) in [4.78, 5) is 11.0. The van der Waals surface area contributed by atoms with Crippen molar-refractivity contribution in [1.29, 1.82) is 0 Å². The Labute approximate surface area is 106 Å². The molecule has 1 unspecified atom stereocenters. The highest BCUT2D eigenvalue weighted by atomic mass is 32.2. The van der Waals surface area contributed by atoms with Gasteiger partial charge < -0.3 is 9.84 Å². The van der Waals surface area contributed by atoms with Crippen molar-refractivity contribution in [2.45, 2.75) is 17.4 Å². The lowest BCUT2D eigenvalue weighted by molar-refractivity contribution is -0.142. The van der Waals surface area contributed by atoms with Crippen LogP contribution in [-0.2, 0) is 19.6 Å². The number of rotatable bonds is 6. The summed E-state index contributed by atoms with van der Waals surface area (Å²) in [6.45, 7) is -0.244. The number of methoxy groups -OCH3 is 1. The molecule has 100 valence electrons. The Morgan fingerprint density at radius 2 is 2.00 bits per heavy atom.